The summed E-state index contributed by atoms with van der Waals surface area (Å²) in [7, 11) is 3.14. The van der Waals surface area contributed by atoms with Crippen LogP contribution in [0, 0.1) is 5.92 Å². The third-order valence-electron chi connectivity index (χ3n) is 5.11. The van der Waals surface area contributed by atoms with Gasteiger partial charge in [-0.3, -0.25) is 9.69 Å². The van der Waals surface area contributed by atoms with Crippen LogP contribution in [0.25, 0.3) is 0 Å². The zero-order chi connectivity index (χ0) is 18.7. The lowest BCUT2D eigenvalue weighted by molar-refractivity contribution is -0.133. The average molecular weight is 361 g/mol. The summed E-state index contributed by atoms with van der Waals surface area (Å²) in [5, 5.41) is 0. The van der Waals surface area contributed by atoms with Crippen LogP contribution in [0.2, 0.25) is 0 Å². The number of urea groups is 1. The molecule has 2 aliphatic rings. The molecule has 142 valence electrons. The van der Waals surface area contributed by atoms with Crippen LogP contribution in [0.5, 0.6) is 11.5 Å². The highest BCUT2D eigenvalue weighted by atomic mass is 16.5. The van der Waals surface area contributed by atoms with Gasteiger partial charge in [0.15, 0.2) is 11.5 Å². The van der Waals surface area contributed by atoms with E-state index in [9.17, 15) is 9.59 Å². The number of hydrogen-bond acceptors (Lipinski definition) is 4. The Bertz CT molecular complexity index is 679. The highest BCUT2D eigenvalue weighted by Gasteiger charge is 2.33. The zero-order valence-electron chi connectivity index (χ0n) is 15.7. The van der Waals surface area contributed by atoms with E-state index in [1.165, 1.54) is 6.42 Å². The fraction of sp³-hybridized carbons (Fsp3) is 0.579. The molecule has 0 radical (unpaired) electrons. The molecular formula is C19H27N3O4. The number of likely N-dealkylation sites (tertiary alicyclic amines) is 1. The summed E-state index contributed by atoms with van der Waals surface area (Å²) in [5.41, 5.74) is 0.745. The Morgan fingerprint density at radius 1 is 1.15 bits per heavy atom. The molecule has 3 amide bonds. The molecule has 2 saturated heterocycles. The van der Waals surface area contributed by atoms with Gasteiger partial charge in [0.05, 0.1) is 14.2 Å². The lowest BCUT2D eigenvalue weighted by atomic mass is 10.0. The normalized spacial score (nSPS) is 20.5. The topological polar surface area (TPSA) is 62.3 Å². The number of carbonyl (C=O) groups is 2. The molecule has 0 aromatic heterocycles. The van der Waals surface area contributed by atoms with E-state index in [0.717, 1.165) is 25.2 Å². The van der Waals surface area contributed by atoms with E-state index in [2.05, 4.69) is 6.92 Å². The van der Waals surface area contributed by atoms with E-state index in [4.69, 9.17) is 9.47 Å². The first-order chi connectivity index (χ1) is 12.5. The molecule has 2 aliphatic heterocycles. The standard InChI is InChI=1S/C19H27N3O4/c1-14-5-4-8-20(12-14)18(23)13-21-9-10-22(19(21)24)15-6-7-16(25-2)17(11-15)26-3/h6-7,11,14H,4-5,8-10,12-13H2,1-3H3. The Morgan fingerprint density at radius 3 is 2.62 bits per heavy atom. The molecule has 1 aromatic rings. The SMILES string of the molecule is COc1ccc(N2CCN(CC(=O)N3CCCC(C)C3)C2=O)cc1OC. The van der Waals surface area contributed by atoms with E-state index in [0.29, 0.717) is 30.5 Å². The van der Waals surface area contributed by atoms with E-state index in [-0.39, 0.29) is 18.5 Å². The fourth-order valence-electron chi connectivity index (χ4n) is 3.64. The highest BCUT2D eigenvalue weighted by Crippen LogP contribution is 2.32. The van der Waals surface area contributed by atoms with Crippen LogP contribution < -0.4 is 14.4 Å². The Morgan fingerprint density at radius 2 is 1.92 bits per heavy atom. The lowest BCUT2D eigenvalue weighted by Crippen LogP contribution is -2.45. The minimum absolute atomic E-state index is 0.0408. The molecule has 2 heterocycles. The van der Waals surface area contributed by atoms with Crippen molar-refractivity contribution >= 4 is 17.6 Å². The Balaban J connectivity index is 1.65. The van der Waals surface area contributed by atoms with Crippen LogP contribution in [0.4, 0.5) is 10.5 Å². The summed E-state index contributed by atoms with van der Waals surface area (Å²) in [4.78, 5) is 30.5. The predicted molar refractivity (Wildman–Crippen MR) is 98.8 cm³/mol. The van der Waals surface area contributed by atoms with Gasteiger partial charge in [-0.25, -0.2) is 4.79 Å². The molecule has 26 heavy (non-hydrogen) atoms. The minimum Gasteiger partial charge on any atom is -0.493 e. The first-order valence-electron chi connectivity index (χ1n) is 9.09. The molecule has 1 unspecified atom stereocenters. The molecule has 3 rings (SSSR count). The van der Waals surface area contributed by atoms with Crippen LogP contribution in [0.1, 0.15) is 19.8 Å². The van der Waals surface area contributed by atoms with Crippen molar-refractivity contribution in [3.8, 4) is 11.5 Å². The predicted octanol–water partition coefficient (Wildman–Crippen LogP) is 2.20. The number of piperidine rings is 1. The van der Waals surface area contributed by atoms with Crippen molar-refractivity contribution in [2.45, 2.75) is 19.8 Å². The number of anilines is 1. The first-order valence-corrected chi connectivity index (χ1v) is 9.09. The van der Waals surface area contributed by atoms with Crippen LogP contribution in [-0.2, 0) is 4.79 Å². The number of methoxy groups -OCH3 is 2. The largest absolute Gasteiger partial charge is 0.493 e. The maximum Gasteiger partial charge on any atom is 0.325 e. The summed E-state index contributed by atoms with van der Waals surface area (Å²) < 4.78 is 10.6. The van der Waals surface area contributed by atoms with E-state index < -0.39 is 0 Å². The monoisotopic (exact) mass is 361 g/mol. The van der Waals surface area contributed by atoms with Gasteiger partial charge in [-0.2, -0.15) is 0 Å². The van der Waals surface area contributed by atoms with Crippen molar-refractivity contribution in [3.63, 3.8) is 0 Å². The summed E-state index contributed by atoms with van der Waals surface area (Å²) in [5.74, 6) is 1.77. The van der Waals surface area contributed by atoms with Gasteiger partial charge in [-0.1, -0.05) is 6.92 Å². The van der Waals surface area contributed by atoms with Gasteiger partial charge >= 0.3 is 6.03 Å². The highest BCUT2D eigenvalue weighted by molar-refractivity contribution is 5.96. The summed E-state index contributed by atoms with van der Waals surface area (Å²) >= 11 is 0. The number of benzene rings is 1. The van der Waals surface area contributed by atoms with Gasteiger partial charge in [0, 0.05) is 37.9 Å². The zero-order valence-corrected chi connectivity index (χ0v) is 15.7. The Kier molecular flexibility index (Phi) is 5.54. The van der Waals surface area contributed by atoms with Crippen LogP contribution in [0.15, 0.2) is 18.2 Å². The smallest absolute Gasteiger partial charge is 0.325 e. The van der Waals surface area contributed by atoms with Gasteiger partial charge < -0.3 is 19.3 Å². The Hall–Kier alpha value is -2.44. The second-order valence-corrected chi connectivity index (χ2v) is 6.98. The van der Waals surface area contributed by atoms with Gasteiger partial charge in [-0.15, -0.1) is 0 Å². The molecule has 0 saturated carbocycles. The minimum atomic E-state index is -0.143. The van der Waals surface area contributed by atoms with Gasteiger partial charge in [-0.05, 0) is 30.9 Å². The molecular weight excluding hydrogens is 334 g/mol. The summed E-state index contributed by atoms with van der Waals surface area (Å²) in [6, 6.07) is 5.26. The van der Waals surface area contributed by atoms with E-state index in [1.54, 1.807) is 36.2 Å². The van der Waals surface area contributed by atoms with Crippen molar-refractivity contribution in [3.05, 3.63) is 18.2 Å². The van der Waals surface area contributed by atoms with Crippen LogP contribution in [-0.4, -0.2) is 68.7 Å². The van der Waals surface area contributed by atoms with Gasteiger partial charge in [0.2, 0.25) is 5.91 Å². The number of rotatable bonds is 5. The quantitative estimate of drug-likeness (QED) is 0.807. The van der Waals surface area contributed by atoms with Crippen molar-refractivity contribution in [2.75, 3.05) is 51.8 Å². The first kappa shape index (κ1) is 18.4. The van der Waals surface area contributed by atoms with Gasteiger partial charge in [0.1, 0.15) is 6.54 Å². The van der Waals surface area contributed by atoms with Crippen molar-refractivity contribution in [1.29, 1.82) is 0 Å². The molecule has 1 atom stereocenters. The number of carbonyl (C=O) groups excluding carboxylic acids is 2. The van der Waals surface area contributed by atoms with Crippen molar-refractivity contribution < 1.29 is 19.1 Å². The van der Waals surface area contributed by atoms with Crippen LogP contribution >= 0.6 is 0 Å². The maximum atomic E-state index is 12.8. The second-order valence-electron chi connectivity index (χ2n) is 6.98. The molecule has 7 heteroatoms. The summed E-state index contributed by atoms with van der Waals surface area (Å²) in [6.07, 6.45) is 2.21. The molecule has 7 nitrogen and oxygen atoms in total. The summed E-state index contributed by atoms with van der Waals surface area (Å²) in [6.45, 7) is 5.00. The van der Waals surface area contributed by atoms with Gasteiger partial charge in [0.25, 0.3) is 0 Å². The maximum absolute atomic E-state index is 12.8. The van der Waals surface area contributed by atoms with Crippen LogP contribution in [0.3, 0.4) is 0 Å². The number of ether oxygens (including phenoxy) is 2. The Labute approximate surface area is 154 Å². The third-order valence-corrected chi connectivity index (χ3v) is 5.11. The average Bonchev–Trinajstić information content (AvgIpc) is 3.01. The van der Waals surface area contributed by atoms with Crippen molar-refractivity contribution in [2.24, 2.45) is 5.92 Å². The molecule has 0 aliphatic carbocycles. The van der Waals surface area contributed by atoms with E-state index in [1.807, 2.05) is 11.0 Å². The van der Waals surface area contributed by atoms with E-state index >= 15 is 0 Å². The molecule has 2 fully saturated rings. The third kappa shape index (κ3) is 3.71. The second kappa shape index (κ2) is 7.85. The van der Waals surface area contributed by atoms with Crippen molar-refractivity contribution in [1.82, 2.24) is 9.80 Å². The molecule has 1 aromatic carbocycles. The lowest BCUT2D eigenvalue weighted by Gasteiger charge is -2.32. The number of amides is 3. The number of nitrogens with zero attached hydrogens (tertiary/aromatic N) is 3. The molecule has 0 bridgehead atoms. The molecule has 0 spiro atoms. The number of hydrogen-bond donors (Lipinski definition) is 0. The molecule has 0 N–H and O–H groups in total. The fourth-order valence-corrected chi connectivity index (χ4v) is 3.64.